The number of amides is 1. The number of aromatic hydroxyl groups is 1. The molecule has 0 fully saturated rings. The first-order valence-corrected chi connectivity index (χ1v) is 13.7. The summed E-state index contributed by atoms with van der Waals surface area (Å²) in [5.41, 5.74) is 14.4. The van der Waals surface area contributed by atoms with Gasteiger partial charge >= 0.3 is 0 Å². The fraction of sp³-hybridized carbons (Fsp3) is 0.0968. The molecule has 5 N–H and O–H groups in total. The number of carbonyl (C=O) groups is 2. The van der Waals surface area contributed by atoms with E-state index in [4.69, 9.17) is 34.4 Å². The van der Waals surface area contributed by atoms with E-state index in [0.29, 0.717) is 11.9 Å². The molecule has 2 aromatic carbocycles. The normalized spacial score (nSPS) is 12.0. The minimum Gasteiger partial charge on any atom is -0.504 e. The SMILES string of the molecule is Nc1ncccc1-c1nc2ccc(-n3cccn3)nc2n1-c1ccc2c(c1)CCC2.[B]C(=O)c1cc(C(N)=O)c(F)c(F)c1O. The molecule has 222 valence electrons. The standard InChI is InChI=1S/C23H19N7.C8H4BF2NO3/c24-21-18(6-2-11-25-21)22-27-19-9-10-20(29-13-3-12-26-29)28-23(19)30(22)17-8-7-15-4-1-5-16(15)14-17;9-7(14)3-1-2(8(12)15)4(10)5(11)6(3)13/h2-3,6-14H,1,4-5H2,(H2,24,25);1,13H,(H2,12,15). The highest BCUT2D eigenvalue weighted by atomic mass is 19.2. The van der Waals surface area contributed by atoms with Gasteiger partial charge in [0.2, 0.25) is 5.82 Å². The lowest BCUT2D eigenvalue weighted by Crippen LogP contribution is -2.16. The van der Waals surface area contributed by atoms with Crippen molar-refractivity contribution in [3.8, 4) is 28.6 Å². The van der Waals surface area contributed by atoms with E-state index in [1.807, 2.05) is 36.5 Å². The van der Waals surface area contributed by atoms with E-state index in [9.17, 15) is 18.4 Å². The Bertz CT molecular complexity index is 2080. The average Bonchev–Trinajstić information content (AvgIpc) is 3.79. The smallest absolute Gasteiger partial charge is 0.251 e. The van der Waals surface area contributed by atoms with E-state index in [1.165, 1.54) is 17.5 Å². The van der Waals surface area contributed by atoms with Crippen LogP contribution in [0.25, 0.3) is 34.1 Å². The van der Waals surface area contributed by atoms with Crippen LogP contribution in [0.1, 0.15) is 38.3 Å². The van der Waals surface area contributed by atoms with Gasteiger partial charge < -0.3 is 21.4 Å². The number of aromatic nitrogens is 6. The Morgan fingerprint density at radius 2 is 1.73 bits per heavy atom. The van der Waals surface area contributed by atoms with Crippen molar-refractivity contribution in [2.24, 2.45) is 5.73 Å². The molecule has 4 aromatic heterocycles. The molecule has 4 heterocycles. The zero-order chi connectivity index (χ0) is 31.8. The summed E-state index contributed by atoms with van der Waals surface area (Å²) in [4.78, 5) is 35.4. The number of imidazole rings is 1. The molecular weight excluding hydrogens is 581 g/mol. The number of hydrogen-bond donors (Lipinski definition) is 3. The van der Waals surface area contributed by atoms with Gasteiger partial charge in [-0.15, -0.1) is 0 Å². The van der Waals surface area contributed by atoms with Gasteiger partial charge in [0, 0.05) is 24.3 Å². The zero-order valence-corrected chi connectivity index (χ0v) is 23.5. The molecule has 45 heavy (non-hydrogen) atoms. The average molecular weight is 604 g/mol. The molecule has 11 nitrogen and oxygen atoms in total. The number of nitrogen functional groups attached to an aromatic ring is 1. The van der Waals surface area contributed by atoms with Gasteiger partial charge in [-0.2, -0.15) is 9.49 Å². The summed E-state index contributed by atoms with van der Waals surface area (Å²) in [5.74, 6) is -3.95. The van der Waals surface area contributed by atoms with E-state index >= 15 is 0 Å². The van der Waals surface area contributed by atoms with Crippen LogP contribution in [0.5, 0.6) is 5.75 Å². The molecule has 0 unspecified atom stereocenters. The van der Waals surface area contributed by atoms with Gasteiger partial charge in [0.25, 0.3) is 5.91 Å². The predicted molar refractivity (Wildman–Crippen MR) is 162 cm³/mol. The Hall–Kier alpha value is -5.92. The Morgan fingerprint density at radius 3 is 2.44 bits per heavy atom. The van der Waals surface area contributed by atoms with Crippen LogP contribution in [-0.4, -0.2) is 53.8 Å². The summed E-state index contributed by atoms with van der Waals surface area (Å²) >= 11 is 0. The van der Waals surface area contributed by atoms with Gasteiger partial charge in [0.15, 0.2) is 36.7 Å². The Labute approximate surface area is 255 Å². The molecule has 6 aromatic rings. The van der Waals surface area contributed by atoms with Gasteiger partial charge in [-0.1, -0.05) is 6.07 Å². The van der Waals surface area contributed by atoms with Crippen LogP contribution in [0.2, 0.25) is 0 Å². The number of anilines is 1. The third kappa shape index (κ3) is 5.37. The number of fused-ring (bicyclic) bond motifs is 2. The highest BCUT2D eigenvalue weighted by Crippen LogP contribution is 2.33. The van der Waals surface area contributed by atoms with Crippen LogP contribution in [0.15, 0.2) is 73.2 Å². The van der Waals surface area contributed by atoms with Crippen molar-refractivity contribution in [3.05, 3.63) is 107 Å². The van der Waals surface area contributed by atoms with Crippen molar-refractivity contribution >= 4 is 36.4 Å². The monoisotopic (exact) mass is 604 g/mol. The number of hydrogen-bond acceptors (Lipinski definition) is 8. The maximum atomic E-state index is 13.0. The molecule has 2 radical (unpaired) electrons. The lowest BCUT2D eigenvalue weighted by Gasteiger charge is -2.12. The van der Waals surface area contributed by atoms with E-state index in [-0.39, 0.29) is 0 Å². The molecule has 0 atom stereocenters. The summed E-state index contributed by atoms with van der Waals surface area (Å²) in [7, 11) is 4.76. The zero-order valence-electron chi connectivity index (χ0n) is 23.5. The number of benzene rings is 2. The third-order valence-electron chi connectivity index (χ3n) is 7.36. The van der Waals surface area contributed by atoms with Crippen molar-refractivity contribution in [2.75, 3.05) is 5.73 Å². The Kier molecular flexibility index (Phi) is 7.54. The van der Waals surface area contributed by atoms with Gasteiger partial charge in [-0.25, -0.2) is 24.0 Å². The Balaban J connectivity index is 0.000000202. The Morgan fingerprint density at radius 1 is 0.933 bits per heavy atom. The highest BCUT2D eigenvalue weighted by Gasteiger charge is 2.23. The molecule has 7 rings (SSSR count). The van der Waals surface area contributed by atoms with E-state index in [1.54, 1.807) is 17.1 Å². The highest BCUT2D eigenvalue weighted by molar-refractivity contribution is 6.62. The fourth-order valence-corrected chi connectivity index (χ4v) is 5.19. The molecule has 14 heteroatoms. The van der Waals surface area contributed by atoms with Crippen LogP contribution in [0.4, 0.5) is 14.6 Å². The van der Waals surface area contributed by atoms with Crippen LogP contribution >= 0.6 is 0 Å². The summed E-state index contributed by atoms with van der Waals surface area (Å²) in [5, 5.41) is 13.3. The number of pyridine rings is 2. The van der Waals surface area contributed by atoms with Crippen molar-refractivity contribution < 1.29 is 23.5 Å². The van der Waals surface area contributed by atoms with Gasteiger partial charge in [0.05, 0.1) is 16.7 Å². The largest absolute Gasteiger partial charge is 0.504 e. The number of nitrogens with zero attached hydrogens (tertiary/aromatic N) is 6. The second-order valence-corrected chi connectivity index (χ2v) is 10.2. The fourth-order valence-electron chi connectivity index (χ4n) is 5.19. The number of nitrogens with two attached hydrogens (primary N) is 2. The minimum atomic E-state index is -1.74. The van der Waals surface area contributed by atoms with E-state index in [0.717, 1.165) is 46.9 Å². The minimum absolute atomic E-state index is 0.447. The number of phenols is 1. The number of aryl methyl sites for hydroxylation is 2. The second-order valence-electron chi connectivity index (χ2n) is 10.2. The van der Waals surface area contributed by atoms with Crippen molar-refractivity contribution in [2.45, 2.75) is 19.3 Å². The quantitative estimate of drug-likeness (QED) is 0.250. The summed E-state index contributed by atoms with van der Waals surface area (Å²) in [6, 6.07) is 16.8. The molecule has 0 saturated carbocycles. The summed E-state index contributed by atoms with van der Waals surface area (Å²) in [6.45, 7) is 0. The molecule has 1 aliphatic rings. The summed E-state index contributed by atoms with van der Waals surface area (Å²) in [6.07, 6.45) is 8.76. The van der Waals surface area contributed by atoms with E-state index < -0.39 is 40.1 Å². The number of halogens is 2. The predicted octanol–water partition coefficient (Wildman–Crippen LogP) is 3.82. The van der Waals surface area contributed by atoms with Gasteiger partial charge in [-0.3, -0.25) is 9.36 Å². The maximum absolute atomic E-state index is 13.0. The van der Waals surface area contributed by atoms with Gasteiger partial charge in [0.1, 0.15) is 17.0 Å². The van der Waals surface area contributed by atoms with Gasteiger partial charge in [-0.05, 0) is 78.9 Å². The second kappa shape index (κ2) is 11.6. The third-order valence-corrected chi connectivity index (χ3v) is 7.36. The molecule has 0 saturated heterocycles. The maximum Gasteiger partial charge on any atom is 0.251 e. The molecule has 0 bridgehead atoms. The van der Waals surface area contributed by atoms with Crippen molar-refractivity contribution in [1.82, 2.24) is 29.3 Å². The molecule has 1 amide bonds. The molecular formula is C31H23BF2N8O3. The lowest BCUT2D eigenvalue weighted by molar-refractivity contribution is 0.0995. The summed E-state index contributed by atoms with van der Waals surface area (Å²) < 4.78 is 29.7. The number of rotatable bonds is 5. The van der Waals surface area contributed by atoms with Crippen LogP contribution in [0.3, 0.4) is 0 Å². The first kappa shape index (κ1) is 29.2. The lowest BCUT2D eigenvalue weighted by atomic mass is 9.92. The van der Waals surface area contributed by atoms with Crippen LogP contribution in [0, 0.1) is 11.6 Å². The number of phenolic OH excluding ortho intramolecular Hbond substituents is 1. The topological polar surface area (TPSA) is 168 Å². The first-order valence-electron chi connectivity index (χ1n) is 13.7. The number of carbonyl (C=O) groups excluding carboxylic acids is 2. The number of primary amides is 1. The van der Waals surface area contributed by atoms with Crippen LogP contribution < -0.4 is 11.5 Å². The molecule has 0 spiro atoms. The molecule has 1 aliphatic carbocycles. The first-order chi connectivity index (χ1) is 21.6. The molecule has 0 aliphatic heterocycles. The van der Waals surface area contributed by atoms with Crippen molar-refractivity contribution in [3.63, 3.8) is 0 Å². The van der Waals surface area contributed by atoms with E-state index in [2.05, 4.69) is 32.8 Å². The van der Waals surface area contributed by atoms with Crippen LogP contribution in [-0.2, 0) is 12.8 Å². The van der Waals surface area contributed by atoms with Crippen molar-refractivity contribution in [1.29, 1.82) is 0 Å².